The van der Waals surface area contributed by atoms with Gasteiger partial charge in [0.05, 0.1) is 5.69 Å². The number of halogens is 1. The number of anilines is 2. The van der Waals surface area contributed by atoms with E-state index in [0.29, 0.717) is 17.9 Å². The van der Waals surface area contributed by atoms with Gasteiger partial charge >= 0.3 is 0 Å². The van der Waals surface area contributed by atoms with E-state index in [9.17, 15) is 14.3 Å². The highest BCUT2D eigenvalue weighted by atomic mass is 19.1. The first-order chi connectivity index (χ1) is 9.54. The molecule has 0 saturated heterocycles. The van der Waals surface area contributed by atoms with Gasteiger partial charge in [0.1, 0.15) is 11.6 Å². The Morgan fingerprint density at radius 3 is 2.55 bits per heavy atom. The molecule has 2 aromatic rings. The molecule has 0 aliphatic rings. The number of hydrogen-bond donors (Lipinski definition) is 3. The normalized spacial score (nSPS) is 10.1. The number of aromatic hydroxyl groups is 1. The molecule has 0 saturated carbocycles. The maximum Gasteiger partial charge on any atom is 0.221 e. The van der Waals surface area contributed by atoms with Gasteiger partial charge in [0, 0.05) is 19.2 Å². The van der Waals surface area contributed by atoms with Crippen LogP contribution in [0.25, 0.3) is 0 Å². The zero-order valence-corrected chi connectivity index (χ0v) is 11.0. The monoisotopic (exact) mass is 274 g/mol. The first-order valence-corrected chi connectivity index (χ1v) is 6.13. The maximum absolute atomic E-state index is 13.7. The van der Waals surface area contributed by atoms with Crippen LogP contribution in [-0.4, -0.2) is 11.0 Å². The largest absolute Gasteiger partial charge is 0.508 e. The molecule has 0 aliphatic heterocycles. The van der Waals surface area contributed by atoms with Gasteiger partial charge in [-0.15, -0.1) is 0 Å². The van der Waals surface area contributed by atoms with Gasteiger partial charge in [-0.3, -0.25) is 4.79 Å². The Kier molecular flexibility index (Phi) is 4.20. The van der Waals surface area contributed by atoms with Crippen LogP contribution in [0, 0.1) is 5.82 Å². The molecule has 0 bridgehead atoms. The van der Waals surface area contributed by atoms with Crippen LogP contribution >= 0.6 is 0 Å². The summed E-state index contributed by atoms with van der Waals surface area (Å²) >= 11 is 0. The van der Waals surface area contributed by atoms with Gasteiger partial charge in [-0.25, -0.2) is 4.39 Å². The predicted molar refractivity (Wildman–Crippen MR) is 76.1 cm³/mol. The molecule has 0 unspecified atom stereocenters. The second-order valence-electron chi connectivity index (χ2n) is 4.40. The first kappa shape index (κ1) is 13.9. The minimum absolute atomic E-state index is 0.188. The third kappa shape index (κ3) is 3.71. The summed E-state index contributed by atoms with van der Waals surface area (Å²) in [5.41, 5.74) is 1.75. The van der Waals surface area contributed by atoms with E-state index in [0.717, 1.165) is 5.56 Å². The molecule has 104 valence electrons. The molecule has 0 radical (unpaired) electrons. The fourth-order valence-corrected chi connectivity index (χ4v) is 1.75. The Bertz CT molecular complexity index is 612. The molecule has 0 heterocycles. The van der Waals surface area contributed by atoms with Crippen molar-refractivity contribution in [1.82, 2.24) is 0 Å². The summed E-state index contributed by atoms with van der Waals surface area (Å²) in [6.45, 7) is 1.81. The summed E-state index contributed by atoms with van der Waals surface area (Å²) in [4.78, 5) is 11.0. The van der Waals surface area contributed by atoms with E-state index >= 15 is 0 Å². The van der Waals surface area contributed by atoms with Gasteiger partial charge in [0.15, 0.2) is 0 Å². The highest BCUT2D eigenvalue weighted by Crippen LogP contribution is 2.20. The minimum Gasteiger partial charge on any atom is -0.508 e. The highest BCUT2D eigenvalue weighted by Gasteiger charge is 2.04. The van der Waals surface area contributed by atoms with Crippen molar-refractivity contribution in [3.63, 3.8) is 0 Å². The summed E-state index contributed by atoms with van der Waals surface area (Å²) in [6.07, 6.45) is 0. The number of carbonyl (C=O) groups excluding carboxylic acids is 1. The number of carbonyl (C=O) groups is 1. The number of phenols is 1. The number of amides is 1. The van der Waals surface area contributed by atoms with Crippen molar-refractivity contribution in [1.29, 1.82) is 0 Å². The average molecular weight is 274 g/mol. The van der Waals surface area contributed by atoms with Crippen molar-refractivity contribution in [2.75, 3.05) is 10.6 Å². The molecule has 0 aliphatic carbocycles. The van der Waals surface area contributed by atoms with Crippen LogP contribution in [0.15, 0.2) is 42.5 Å². The van der Waals surface area contributed by atoms with Gasteiger partial charge in [-0.05, 0) is 35.9 Å². The maximum atomic E-state index is 13.7. The number of hydrogen-bond acceptors (Lipinski definition) is 3. The Morgan fingerprint density at radius 2 is 1.90 bits per heavy atom. The Morgan fingerprint density at radius 1 is 1.20 bits per heavy atom. The average Bonchev–Trinajstić information content (AvgIpc) is 2.40. The topological polar surface area (TPSA) is 61.4 Å². The summed E-state index contributed by atoms with van der Waals surface area (Å²) < 4.78 is 13.7. The van der Waals surface area contributed by atoms with Crippen LogP contribution in [0.1, 0.15) is 12.5 Å². The van der Waals surface area contributed by atoms with Crippen LogP contribution in [-0.2, 0) is 11.3 Å². The summed E-state index contributed by atoms with van der Waals surface area (Å²) in [5.74, 6) is -0.411. The SMILES string of the molecule is CC(=O)Nc1ccc(F)c(NCc2ccc(O)cc2)c1. The first-order valence-electron chi connectivity index (χ1n) is 6.13. The zero-order chi connectivity index (χ0) is 14.5. The van der Waals surface area contributed by atoms with Gasteiger partial charge in [-0.2, -0.15) is 0 Å². The zero-order valence-electron chi connectivity index (χ0n) is 11.0. The van der Waals surface area contributed by atoms with Crippen LogP contribution in [0.3, 0.4) is 0 Å². The molecule has 5 heteroatoms. The van der Waals surface area contributed by atoms with E-state index in [-0.39, 0.29) is 11.7 Å². The molecular weight excluding hydrogens is 259 g/mol. The second-order valence-corrected chi connectivity index (χ2v) is 4.40. The molecular formula is C15H15FN2O2. The van der Waals surface area contributed by atoms with Crippen molar-refractivity contribution in [2.24, 2.45) is 0 Å². The number of benzene rings is 2. The summed E-state index contributed by atoms with van der Waals surface area (Å²) in [7, 11) is 0. The molecule has 3 N–H and O–H groups in total. The standard InChI is InChI=1S/C15H15FN2O2/c1-10(19)18-12-4-7-14(16)15(8-12)17-9-11-2-5-13(20)6-3-11/h2-8,17,20H,9H2,1H3,(H,18,19). The molecule has 1 amide bonds. The van der Waals surface area contributed by atoms with Gasteiger partial charge < -0.3 is 15.7 Å². The molecule has 0 spiro atoms. The quantitative estimate of drug-likeness (QED) is 0.802. The molecule has 0 atom stereocenters. The fraction of sp³-hybridized carbons (Fsp3) is 0.133. The van der Waals surface area contributed by atoms with E-state index in [2.05, 4.69) is 10.6 Å². The van der Waals surface area contributed by atoms with E-state index < -0.39 is 5.82 Å². The smallest absolute Gasteiger partial charge is 0.221 e. The molecule has 20 heavy (non-hydrogen) atoms. The van der Waals surface area contributed by atoms with Crippen molar-refractivity contribution in [2.45, 2.75) is 13.5 Å². The molecule has 2 rings (SSSR count). The van der Waals surface area contributed by atoms with E-state index in [1.807, 2.05) is 0 Å². The van der Waals surface area contributed by atoms with E-state index in [1.54, 1.807) is 24.3 Å². The van der Waals surface area contributed by atoms with E-state index in [1.165, 1.54) is 25.1 Å². The number of rotatable bonds is 4. The summed E-state index contributed by atoms with van der Waals surface area (Å²) in [5, 5.41) is 14.7. The second kappa shape index (κ2) is 6.06. The Balaban J connectivity index is 2.08. The van der Waals surface area contributed by atoms with Crippen molar-refractivity contribution < 1.29 is 14.3 Å². The van der Waals surface area contributed by atoms with E-state index in [4.69, 9.17) is 0 Å². The van der Waals surface area contributed by atoms with Gasteiger partial charge in [-0.1, -0.05) is 12.1 Å². The lowest BCUT2D eigenvalue weighted by Gasteiger charge is -2.10. The van der Waals surface area contributed by atoms with Gasteiger partial charge in [0.2, 0.25) is 5.91 Å². The third-order valence-corrected chi connectivity index (χ3v) is 2.71. The number of phenolic OH excluding ortho intramolecular Hbond substituents is 1. The van der Waals surface area contributed by atoms with Crippen LogP contribution in [0.2, 0.25) is 0 Å². The van der Waals surface area contributed by atoms with Gasteiger partial charge in [0.25, 0.3) is 0 Å². The number of nitrogens with one attached hydrogen (secondary N) is 2. The lowest BCUT2D eigenvalue weighted by Crippen LogP contribution is -2.07. The van der Waals surface area contributed by atoms with Crippen LogP contribution in [0.5, 0.6) is 5.75 Å². The minimum atomic E-state index is -0.391. The van der Waals surface area contributed by atoms with Crippen LogP contribution in [0.4, 0.5) is 15.8 Å². The van der Waals surface area contributed by atoms with Crippen molar-refractivity contribution in [3.05, 3.63) is 53.8 Å². The lowest BCUT2D eigenvalue weighted by atomic mass is 10.2. The third-order valence-electron chi connectivity index (χ3n) is 2.71. The fourth-order valence-electron chi connectivity index (χ4n) is 1.75. The Hall–Kier alpha value is -2.56. The van der Waals surface area contributed by atoms with Crippen molar-refractivity contribution >= 4 is 17.3 Å². The molecule has 2 aromatic carbocycles. The molecule has 0 aromatic heterocycles. The molecule has 4 nitrogen and oxygen atoms in total. The van der Waals surface area contributed by atoms with Crippen LogP contribution < -0.4 is 10.6 Å². The molecule has 0 fully saturated rings. The lowest BCUT2D eigenvalue weighted by molar-refractivity contribution is -0.114. The summed E-state index contributed by atoms with van der Waals surface area (Å²) in [6, 6.07) is 11.0. The predicted octanol–water partition coefficient (Wildman–Crippen LogP) is 3.10. The highest BCUT2D eigenvalue weighted by molar-refractivity contribution is 5.89. The van der Waals surface area contributed by atoms with Crippen molar-refractivity contribution in [3.8, 4) is 5.75 Å². The Labute approximate surface area is 116 Å².